The third-order valence-corrected chi connectivity index (χ3v) is 3.15. The van der Waals surface area contributed by atoms with E-state index in [0.29, 0.717) is 0 Å². The predicted molar refractivity (Wildman–Crippen MR) is 76.2 cm³/mol. The van der Waals surface area contributed by atoms with E-state index in [2.05, 4.69) is 0 Å². The second-order valence-electron chi connectivity index (χ2n) is 4.67. The fourth-order valence-corrected chi connectivity index (χ4v) is 2.15. The lowest BCUT2D eigenvalue weighted by Crippen LogP contribution is -2.00. The van der Waals surface area contributed by atoms with Gasteiger partial charge in [-0.05, 0) is 6.07 Å². The van der Waals surface area contributed by atoms with Gasteiger partial charge in [-0.3, -0.25) is 4.79 Å². The van der Waals surface area contributed by atoms with Gasteiger partial charge in [0.25, 0.3) is 0 Å². The molecule has 7 nitrogen and oxygen atoms in total. The lowest BCUT2D eigenvalue weighted by molar-refractivity contribution is 0.396. The summed E-state index contributed by atoms with van der Waals surface area (Å²) in [7, 11) is 0. The fourth-order valence-electron chi connectivity index (χ4n) is 2.15. The molecule has 5 N–H and O–H groups in total. The third kappa shape index (κ3) is 2.05. The topological polar surface area (TPSA) is 131 Å². The zero-order chi connectivity index (χ0) is 16.0. The molecule has 112 valence electrons. The second-order valence-corrected chi connectivity index (χ2v) is 4.67. The Hall–Kier alpha value is -3.35. The van der Waals surface area contributed by atoms with Gasteiger partial charge in [0.1, 0.15) is 34.0 Å². The summed E-state index contributed by atoms with van der Waals surface area (Å²) in [6, 6.07) is 5.08. The fraction of sp³-hybridized carbons (Fsp3) is 0. The highest BCUT2D eigenvalue weighted by Gasteiger charge is 2.16. The third-order valence-electron chi connectivity index (χ3n) is 3.15. The molecule has 1 aromatic heterocycles. The molecule has 1 heterocycles. The van der Waals surface area contributed by atoms with Gasteiger partial charge in [-0.1, -0.05) is 0 Å². The van der Waals surface area contributed by atoms with Crippen LogP contribution in [0.5, 0.6) is 28.7 Å². The predicted octanol–water partition coefficient (Wildman–Crippen LogP) is 1.99. The molecule has 3 rings (SSSR count). The van der Waals surface area contributed by atoms with Gasteiger partial charge in [-0.25, -0.2) is 0 Å². The van der Waals surface area contributed by atoms with E-state index >= 15 is 0 Å². The van der Waals surface area contributed by atoms with Gasteiger partial charge >= 0.3 is 0 Å². The van der Waals surface area contributed by atoms with Crippen molar-refractivity contribution in [2.75, 3.05) is 0 Å². The van der Waals surface area contributed by atoms with Crippen LogP contribution in [-0.4, -0.2) is 25.5 Å². The van der Waals surface area contributed by atoms with E-state index in [1.54, 1.807) is 0 Å². The van der Waals surface area contributed by atoms with Gasteiger partial charge in [0, 0.05) is 24.3 Å². The highest BCUT2D eigenvalue weighted by molar-refractivity contribution is 5.86. The maximum atomic E-state index is 12.1. The standard InChI is InChI=1S/C15H10O7/c16-6-1-11(20)15-12(21)5-13(22-14(15)2-6)7-3-9(18)10(19)4-8(7)17/h1-5,16-20H. The molecular weight excluding hydrogens is 292 g/mol. The zero-order valence-electron chi connectivity index (χ0n) is 10.9. The number of hydrogen-bond donors (Lipinski definition) is 5. The summed E-state index contributed by atoms with van der Waals surface area (Å²) in [6.45, 7) is 0. The molecule has 0 aliphatic carbocycles. The van der Waals surface area contributed by atoms with E-state index in [4.69, 9.17) is 4.42 Å². The number of phenols is 5. The SMILES string of the molecule is O=c1cc(-c2cc(O)c(O)cc2O)oc2cc(O)cc(O)c12. The number of rotatable bonds is 1. The molecule has 0 amide bonds. The smallest absolute Gasteiger partial charge is 0.197 e. The van der Waals surface area contributed by atoms with Crippen LogP contribution >= 0.6 is 0 Å². The number of benzene rings is 2. The Morgan fingerprint density at radius 2 is 1.41 bits per heavy atom. The number of phenolic OH excluding ortho intramolecular Hbond substituents is 5. The van der Waals surface area contributed by atoms with Crippen LogP contribution in [0.1, 0.15) is 0 Å². The van der Waals surface area contributed by atoms with E-state index in [0.717, 1.165) is 30.3 Å². The summed E-state index contributed by atoms with van der Waals surface area (Å²) >= 11 is 0. The Morgan fingerprint density at radius 3 is 2.14 bits per heavy atom. The van der Waals surface area contributed by atoms with Crippen molar-refractivity contribution in [3.63, 3.8) is 0 Å². The largest absolute Gasteiger partial charge is 0.508 e. The van der Waals surface area contributed by atoms with Gasteiger partial charge in [-0.2, -0.15) is 0 Å². The molecule has 0 bridgehead atoms. The first-order valence-corrected chi connectivity index (χ1v) is 6.12. The lowest BCUT2D eigenvalue weighted by Gasteiger charge is -2.08. The van der Waals surface area contributed by atoms with Crippen LogP contribution in [0.3, 0.4) is 0 Å². The highest BCUT2D eigenvalue weighted by atomic mass is 16.3. The molecule has 7 heteroatoms. The van der Waals surface area contributed by atoms with Crippen LogP contribution in [0.4, 0.5) is 0 Å². The van der Waals surface area contributed by atoms with Gasteiger partial charge < -0.3 is 29.9 Å². The van der Waals surface area contributed by atoms with Crippen LogP contribution < -0.4 is 5.43 Å². The molecule has 22 heavy (non-hydrogen) atoms. The molecular formula is C15H10O7. The molecule has 0 saturated carbocycles. The van der Waals surface area contributed by atoms with E-state index in [1.165, 1.54) is 0 Å². The summed E-state index contributed by atoms with van der Waals surface area (Å²) in [4.78, 5) is 12.1. The van der Waals surface area contributed by atoms with Gasteiger partial charge in [0.15, 0.2) is 16.9 Å². The van der Waals surface area contributed by atoms with Crippen molar-refractivity contribution < 1.29 is 29.9 Å². The molecule has 0 aliphatic heterocycles. The number of fused-ring (bicyclic) bond motifs is 1. The zero-order valence-corrected chi connectivity index (χ0v) is 10.9. The van der Waals surface area contributed by atoms with Gasteiger partial charge in [0.05, 0.1) is 5.56 Å². The minimum absolute atomic E-state index is 0.0304. The van der Waals surface area contributed by atoms with Crippen molar-refractivity contribution in [3.8, 4) is 40.1 Å². The normalized spacial score (nSPS) is 10.9. The van der Waals surface area contributed by atoms with E-state index in [9.17, 15) is 30.3 Å². The van der Waals surface area contributed by atoms with Crippen molar-refractivity contribution in [1.29, 1.82) is 0 Å². The average Bonchev–Trinajstić information content (AvgIpc) is 2.41. The van der Waals surface area contributed by atoms with Crippen molar-refractivity contribution in [2.24, 2.45) is 0 Å². The molecule has 0 radical (unpaired) electrons. The van der Waals surface area contributed by atoms with Crippen molar-refractivity contribution in [3.05, 3.63) is 40.6 Å². The second kappa shape index (κ2) is 4.59. The van der Waals surface area contributed by atoms with Crippen LogP contribution in [0.15, 0.2) is 39.5 Å². The Labute approximate surface area is 122 Å². The monoisotopic (exact) mass is 302 g/mol. The molecule has 3 aromatic rings. The Kier molecular flexibility index (Phi) is 2.84. The van der Waals surface area contributed by atoms with E-state index in [-0.39, 0.29) is 28.0 Å². The maximum absolute atomic E-state index is 12.1. The number of hydrogen-bond acceptors (Lipinski definition) is 7. The summed E-state index contributed by atoms with van der Waals surface area (Å²) < 4.78 is 5.39. The summed E-state index contributed by atoms with van der Waals surface area (Å²) in [6.07, 6.45) is 0. The minimum atomic E-state index is -0.597. The van der Waals surface area contributed by atoms with Crippen molar-refractivity contribution in [2.45, 2.75) is 0 Å². The molecule has 0 atom stereocenters. The first kappa shape index (κ1) is 13.6. The van der Waals surface area contributed by atoms with Crippen molar-refractivity contribution in [1.82, 2.24) is 0 Å². The van der Waals surface area contributed by atoms with Crippen LogP contribution in [0, 0.1) is 0 Å². The van der Waals surface area contributed by atoms with Crippen molar-refractivity contribution >= 4 is 11.0 Å². The van der Waals surface area contributed by atoms with Gasteiger partial charge in [0.2, 0.25) is 0 Å². The van der Waals surface area contributed by atoms with Crippen LogP contribution in [0.25, 0.3) is 22.3 Å². The van der Waals surface area contributed by atoms with Gasteiger partial charge in [-0.15, -0.1) is 0 Å². The quantitative estimate of drug-likeness (QED) is 0.343. The molecule has 0 fully saturated rings. The lowest BCUT2D eigenvalue weighted by atomic mass is 10.1. The molecule has 0 unspecified atom stereocenters. The first-order valence-electron chi connectivity index (χ1n) is 6.12. The van der Waals surface area contributed by atoms with Crippen LogP contribution in [0.2, 0.25) is 0 Å². The van der Waals surface area contributed by atoms with E-state index in [1.807, 2.05) is 0 Å². The van der Waals surface area contributed by atoms with E-state index < -0.39 is 28.4 Å². The summed E-state index contributed by atoms with van der Waals surface area (Å²) in [5.41, 5.74) is -0.718. The highest BCUT2D eigenvalue weighted by Crippen LogP contribution is 2.39. The minimum Gasteiger partial charge on any atom is -0.508 e. The summed E-state index contributed by atoms with van der Waals surface area (Å²) in [5.74, 6) is -2.29. The Balaban J connectivity index is 2.34. The maximum Gasteiger partial charge on any atom is 0.197 e. The average molecular weight is 302 g/mol. The van der Waals surface area contributed by atoms with Crippen LogP contribution in [-0.2, 0) is 0 Å². The number of aromatic hydroxyl groups is 5. The molecule has 0 aliphatic rings. The Bertz CT molecular complexity index is 956. The Morgan fingerprint density at radius 1 is 0.727 bits per heavy atom. The molecule has 2 aromatic carbocycles. The first-order chi connectivity index (χ1) is 10.4. The molecule has 0 spiro atoms. The molecule has 0 saturated heterocycles. The summed E-state index contributed by atoms with van der Waals surface area (Å²) in [5, 5.41) is 47.6.